The number of rotatable bonds is 3. The third-order valence-electron chi connectivity index (χ3n) is 3.19. The Bertz CT molecular complexity index is 689. The molecule has 1 aliphatic rings. The van der Waals surface area contributed by atoms with Crippen molar-refractivity contribution in [1.82, 2.24) is 4.98 Å². The molecule has 0 fully saturated rings. The van der Waals surface area contributed by atoms with Gasteiger partial charge in [0.1, 0.15) is 11.7 Å². The van der Waals surface area contributed by atoms with E-state index in [2.05, 4.69) is 26.2 Å². The van der Waals surface area contributed by atoms with Crippen LogP contribution < -0.4 is 5.32 Å². The number of fused-ring (bicyclic) bond motifs is 1. The Hall–Kier alpha value is -1.47. The van der Waals surface area contributed by atoms with Crippen LogP contribution in [0.2, 0.25) is 0 Å². The number of anilines is 2. The summed E-state index contributed by atoms with van der Waals surface area (Å²) in [4.78, 5) is 16.4. The van der Waals surface area contributed by atoms with E-state index in [0.717, 1.165) is 4.88 Å². The maximum Gasteiger partial charge on any atom is 0.312 e. The number of aromatic nitrogens is 1. The average Bonchev–Trinajstić information content (AvgIpc) is 2.91. The largest absolute Gasteiger partial charge is 0.481 e. The molecule has 1 atom stereocenters. The van der Waals surface area contributed by atoms with Gasteiger partial charge in [-0.2, -0.15) is 0 Å². The Labute approximate surface area is 126 Å². The van der Waals surface area contributed by atoms with Crippen LogP contribution in [-0.4, -0.2) is 16.1 Å². The first-order valence-corrected chi connectivity index (χ1v) is 7.60. The fourth-order valence-electron chi connectivity index (χ4n) is 2.23. The standard InChI is InChI=1S/C13H10BrFN2O2S/c14-6-1-3-9(8(15)5-6)16-13-17-11-7(12(18)19)2-4-10(11)20-13/h1,3,5,7H,2,4H2,(H,16,17)(H,18,19). The van der Waals surface area contributed by atoms with Crippen LogP contribution in [-0.2, 0) is 11.2 Å². The Balaban J connectivity index is 1.86. The molecule has 0 aliphatic heterocycles. The van der Waals surface area contributed by atoms with Crippen LogP contribution >= 0.6 is 27.3 Å². The Morgan fingerprint density at radius 2 is 2.35 bits per heavy atom. The van der Waals surface area contributed by atoms with Gasteiger partial charge < -0.3 is 10.4 Å². The minimum absolute atomic E-state index is 0.326. The van der Waals surface area contributed by atoms with E-state index in [9.17, 15) is 9.18 Å². The lowest BCUT2D eigenvalue weighted by Crippen LogP contribution is -2.08. The van der Waals surface area contributed by atoms with Gasteiger partial charge in [-0.25, -0.2) is 9.37 Å². The monoisotopic (exact) mass is 356 g/mol. The molecule has 0 bridgehead atoms. The smallest absolute Gasteiger partial charge is 0.312 e. The number of nitrogens with zero attached hydrogens (tertiary/aromatic N) is 1. The minimum atomic E-state index is -0.851. The van der Waals surface area contributed by atoms with Gasteiger partial charge in [-0.3, -0.25) is 4.79 Å². The molecule has 2 N–H and O–H groups in total. The predicted octanol–water partition coefficient (Wildman–Crippen LogP) is 3.90. The molecule has 1 aliphatic carbocycles. The van der Waals surface area contributed by atoms with Crippen LogP contribution in [0.5, 0.6) is 0 Å². The summed E-state index contributed by atoms with van der Waals surface area (Å²) in [6, 6.07) is 4.71. The van der Waals surface area contributed by atoms with Gasteiger partial charge in [0.2, 0.25) is 0 Å². The molecular weight excluding hydrogens is 347 g/mol. The van der Waals surface area contributed by atoms with E-state index >= 15 is 0 Å². The lowest BCUT2D eigenvalue weighted by molar-refractivity contribution is -0.138. The van der Waals surface area contributed by atoms with Crippen molar-refractivity contribution in [1.29, 1.82) is 0 Å². The maximum atomic E-state index is 13.7. The number of aliphatic carboxylic acids is 1. The summed E-state index contributed by atoms with van der Waals surface area (Å²) in [5.74, 6) is -1.77. The summed E-state index contributed by atoms with van der Waals surface area (Å²) >= 11 is 4.58. The number of carbonyl (C=O) groups is 1. The molecule has 0 spiro atoms. The quantitative estimate of drug-likeness (QED) is 0.875. The second-order valence-corrected chi connectivity index (χ2v) is 6.51. The SMILES string of the molecule is O=C(O)C1CCc2sc(Nc3ccc(Br)cc3F)nc21. The number of hydrogen-bond acceptors (Lipinski definition) is 4. The highest BCUT2D eigenvalue weighted by Crippen LogP contribution is 2.39. The number of halogens is 2. The molecule has 104 valence electrons. The molecule has 1 aromatic heterocycles. The topological polar surface area (TPSA) is 62.2 Å². The lowest BCUT2D eigenvalue weighted by Gasteiger charge is -2.05. The fourth-order valence-corrected chi connectivity index (χ4v) is 3.61. The summed E-state index contributed by atoms with van der Waals surface area (Å²) in [5.41, 5.74) is 0.940. The molecule has 20 heavy (non-hydrogen) atoms. The van der Waals surface area contributed by atoms with Gasteiger partial charge in [0.05, 0.1) is 11.4 Å². The average molecular weight is 357 g/mol. The first-order valence-electron chi connectivity index (χ1n) is 5.99. The van der Waals surface area contributed by atoms with E-state index in [4.69, 9.17) is 5.11 Å². The van der Waals surface area contributed by atoms with Crippen molar-refractivity contribution in [2.75, 3.05) is 5.32 Å². The molecule has 4 nitrogen and oxygen atoms in total. The van der Waals surface area contributed by atoms with Crippen LogP contribution in [0.15, 0.2) is 22.7 Å². The molecule has 2 aromatic rings. The molecule has 1 aromatic carbocycles. The van der Waals surface area contributed by atoms with Gasteiger partial charge in [0, 0.05) is 9.35 Å². The van der Waals surface area contributed by atoms with Crippen LogP contribution in [0.3, 0.4) is 0 Å². The van der Waals surface area contributed by atoms with Crippen LogP contribution in [0, 0.1) is 5.82 Å². The van der Waals surface area contributed by atoms with Gasteiger partial charge in [-0.1, -0.05) is 15.9 Å². The van der Waals surface area contributed by atoms with Gasteiger partial charge >= 0.3 is 5.97 Å². The van der Waals surface area contributed by atoms with Crippen molar-refractivity contribution in [3.05, 3.63) is 39.1 Å². The number of thiazole rings is 1. The van der Waals surface area contributed by atoms with Gasteiger partial charge in [0.25, 0.3) is 0 Å². The first kappa shape index (κ1) is 13.5. The second-order valence-electron chi connectivity index (χ2n) is 4.51. The van der Waals surface area contributed by atoms with Crippen molar-refractivity contribution >= 4 is 44.1 Å². The van der Waals surface area contributed by atoms with E-state index < -0.39 is 11.9 Å². The highest BCUT2D eigenvalue weighted by Gasteiger charge is 2.32. The number of benzene rings is 1. The van der Waals surface area contributed by atoms with Gasteiger partial charge in [-0.15, -0.1) is 11.3 Å². The zero-order valence-corrected chi connectivity index (χ0v) is 12.6. The van der Waals surface area contributed by atoms with Crippen molar-refractivity contribution < 1.29 is 14.3 Å². The van der Waals surface area contributed by atoms with E-state index in [1.54, 1.807) is 12.1 Å². The number of hydrogen-bond donors (Lipinski definition) is 2. The third-order valence-corrected chi connectivity index (χ3v) is 4.73. The molecule has 0 amide bonds. The summed E-state index contributed by atoms with van der Waals surface area (Å²) in [6.07, 6.45) is 1.31. The van der Waals surface area contributed by atoms with Crippen LogP contribution in [0.25, 0.3) is 0 Å². The number of carboxylic acid groups (broad SMARTS) is 1. The number of nitrogens with one attached hydrogen (secondary N) is 1. The van der Waals surface area contributed by atoms with Gasteiger partial charge in [0.15, 0.2) is 5.13 Å². The molecule has 1 heterocycles. The lowest BCUT2D eigenvalue weighted by atomic mass is 10.1. The van der Waals surface area contributed by atoms with Crippen LogP contribution in [0.1, 0.15) is 22.9 Å². The number of carboxylic acids is 1. The third kappa shape index (κ3) is 2.43. The molecule has 0 radical (unpaired) electrons. The van der Waals surface area contributed by atoms with E-state index in [1.807, 2.05) is 0 Å². The van der Waals surface area contributed by atoms with Crippen molar-refractivity contribution in [2.45, 2.75) is 18.8 Å². The highest BCUT2D eigenvalue weighted by molar-refractivity contribution is 9.10. The zero-order valence-electron chi connectivity index (χ0n) is 10.2. The molecule has 3 rings (SSSR count). The van der Waals surface area contributed by atoms with Crippen LogP contribution in [0.4, 0.5) is 15.2 Å². The van der Waals surface area contributed by atoms with Gasteiger partial charge in [-0.05, 0) is 31.0 Å². The predicted molar refractivity (Wildman–Crippen MR) is 78.2 cm³/mol. The normalized spacial score (nSPS) is 17.0. The molecule has 0 saturated carbocycles. The summed E-state index contributed by atoms with van der Waals surface area (Å²) in [6.45, 7) is 0. The van der Waals surface area contributed by atoms with Crippen molar-refractivity contribution in [3.8, 4) is 0 Å². The highest BCUT2D eigenvalue weighted by atomic mass is 79.9. The fraction of sp³-hybridized carbons (Fsp3) is 0.231. The summed E-state index contributed by atoms with van der Waals surface area (Å²) < 4.78 is 14.4. The summed E-state index contributed by atoms with van der Waals surface area (Å²) in [7, 11) is 0. The Morgan fingerprint density at radius 1 is 1.55 bits per heavy atom. The Morgan fingerprint density at radius 3 is 3.05 bits per heavy atom. The maximum absolute atomic E-state index is 13.7. The van der Waals surface area contributed by atoms with E-state index in [1.165, 1.54) is 17.4 Å². The minimum Gasteiger partial charge on any atom is -0.481 e. The zero-order chi connectivity index (χ0) is 14.3. The second kappa shape index (κ2) is 5.14. The van der Waals surface area contributed by atoms with E-state index in [-0.39, 0.29) is 5.82 Å². The summed E-state index contributed by atoms with van der Waals surface area (Å²) in [5, 5.41) is 12.5. The molecular formula is C13H10BrFN2O2S. The molecule has 0 saturated heterocycles. The Kier molecular flexibility index (Phi) is 3.47. The molecule has 1 unspecified atom stereocenters. The molecule has 7 heteroatoms. The van der Waals surface area contributed by atoms with Crippen molar-refractivity contribution in [2.24, 2.45) is 0 Å². The number of aryl methyl sites for hydroxylation is 1. The first-order chi connectivity index (χ1) is 9.54. The van der Waals surface area contributed by atoms with Crippen molar-refractivity contribution in [3.63, 3.8) is 0 Å². The van der Waals surface area contributed by atoms with E-state index in [0.29, 0.717) is 33.8 Å².